The van der Waals surface area contributed by atoms with E-state index in [2.05, 4.69) is 21.5 Å². The summed E-state index contributed by atoms with van der Waals surface area (Å²) in [6, 6.07) is 4.26. The van der Waals surface area contributed by atoms with Crippen molar-refractivity contribution in [3.8, 4) is 5.88 Å². The molecule has 0 aliphatic carbocycles. The van der Waals surface area contributed by atoms with Gasteiger partial charge in [0.1, 0.15) is 11.5 Å². The summed E-state index contributed by atoms with van der Waals surface area (Å²) in [6.45, 7) is 2.06. The predicted octanol–water partition coefficient (Wildman–Crippen LogP) is 2.01. The van der Waals surface area contributed by atoms with Gasteiger partial charge in [-0.3, -0.25) is 10.4 Å². The number of pyridine rings is 1. The van der Waals surface area contributed by atoms with Crippen molar-refractivity contribution >= 4 is 11.5 Å². The molecule has 3 aliphatic heterocycles. The Morgan fingerprint density at radius 3 is 3.04 bits per heavy atom. The molecule has 1 aromatic heterocycles. The lowest BCUT2D eigenvalue weighted by atomic mass is 10.1. The summed E-state index contributed by atoms with van der Waals surface area (Å²) in [5.41, 5.74) is 9.66. The maximum absolute atomic E-state index is 5.25. The molecule has 0 spiro atoms. The molecule has 4 heterocycles. The van der Waals surface area contributed by atoms with Gasteiger partial charge in [-0.1, -0.05) is 5.73 Å². The van der Waals surface area contributed by atoms with Crippen molar-refractivity contribution in [2.75, 3.05) is 20.2 Å². The van der Waals surface area contributed by atoms with Gasteiger partial charge in [0, 0.05) is 17.8 Å². The van der Waals surface area contributed by atoms with Crippen LogP contribution in [0.5, 0.6) is 5.88 Å². The number of piperidine rings is 1. The van der Waals surface area contributed by atoms with E-state index in [1.54, 1.807) is 13.3 Å². The van der Waals surface area contributed by atoms with Gasteiger partial charge in [-0.15, -0.1) is 0 Å². The third-order valence-corrected chi connectivity index (χ3v) is 4.45. The standard InChI is InChI=1S/C19H21N5O/c1-25-19-13-14(7-12-21-19)17-4-2-3-16-5-6-18(23-24(16)17)22-15-8-10-20-11-9-15/h2,4-7,12-13,15,20H,8-11H2,1H3,(H,22,23). The molecule has 3 aliphatic rings. The van der Waals surface area contributed by atoms with Gasteiger partial charge in [-0.05, 0) is 56.3 Å². The molecular weight excluding hydrogens is 314 g/mol. The topological polar surface area (TPSA) is 61.8 Å². The van der Waals surface area contributed by atoms with E-state index in [1.165, 1.54) is 0 Å². The van der Waals surface area contributed by atoms with Gasteiger partial charge >= 0.3 is 0 Å². The lowest BCUT2D eigenvalue weighted by molar-refractivity contribution is 0.397. The number of rotatable bonds is 3. The van der Waals surface area contributed by atoms with E-state index in [-0.39, 0.29) is 0 Å². The summed E-state index contributed by atoms with van der Waals surface area (Å²) >= 11 is 0. The average Bonchev–Trinajstić information content (AvgIpc) is 2.68. The first-order valence-electron chi connectivity index (χ1n) is 8.54. The van der Waals surface area contributed by atoms with Crippen molar-refractivity contribution in [1.29, 1.82) is 0 Å². The van der Waals surface area contributed by atoms with Gasteiger partial charge in [0.05, 0.1) is 18.8 Å². The molecule has 1 saturated heterocycles. The van der Waals surface area contributed by atoms with Crippen LogP contribution in [0, 0.1) is 0 Å². The summed E-state index contributed by atoms with van der Waals surface area (Å²) in [6.07, 6.45) is 11.9. The lowest BCUT2D eigenvalue weighted by Crippen LogP contribution is -2.43. The fourth-order valence-electron chi connectivity index (χ4n) is 3.14. The molecule has 0 amide bonds. The van der Waals surface area contributed by atoms with Crippen molar-refractivity contribution in [3.63, 3.8) is 0 Å². The number of hydrazine groups is 1. The molecule has 2 N–H and O–H groups in total. The second kappa shape index (κ2) is 6.97. The molecule has 0 saturated carbocycles. The monoisotopic (exact) mass is 335 g/mol. The quantitative estimate of drug-likeness (QED) is 0.828. The minimum Gasteiger partial charge on any atom is -0.481 e. The second-order valence-electron chi connectivity index (χ2n) is 6.11. The highest BCUT2D eigenvalue weighted by atomic mass is 16.5. The Balaban J connectivity index is 1.60. The Labute approximate surface area is 147 Å². The number of hydrogen-bond acceptors (Lipinski definition) is 5. The summed E-state index contributed by atoms with van der Waals surface area (Å²) in [7, 11) is 1.62. The zero-order valence-electron chi connectivity index (χ0n) is 14.2. The number of aromatic nitrogens is 1. The van der Waals surface area contributed by atoms with Gasteiger partial charge in [-0.25, -0.2) is 9.99 Å². The van der Waals surface area contributed by atoms with Crippen LogP contribution in [0.1, 0.15) is 18.4 Å². The largest absolute Gasteiger partial charge is 0.481 e. The Kier molecular flexibility index (Phi) is 4.37. The maximum atomic E-state index is 5.25. The number of aliphatic imine (C=N–C) groups is 1. The van der Waals surface area contributed by atoms with Crippen molar-refractivity contribution in [3.05, 3.63) is 59.6 Å². The SMILES string of the molecule is COc1cc(C2=CC=C=C3C=CC(=NC4CCNCC4)NN32)ccn1. The Hall–Kier alpha value is -2.82. The molecular formula is C19H21N5O. The van der Waals surface area contributed by atoms with E-state index in [4.69, 9.17) is 9.73 Å². The highest BCUT2D eigenvalue weighted by Crippen LogP contribution is 2.27. The smallest absolute Gasteiger partial charge is 0.213 e. The highest BCUT2D eigenvalue weighted by molar-refractivity contribution is 5.95. The van der Waals surface area contributed by atoms with Gasteiger partial charge in [0.25, 0.3) is 0 Å². The van der Waals surface area contributed by atoms with Gasteiger partial charge in [-0.2, -0.15) is 0 Å². The minimum absolute atomic E-state index is 0.368. The van der Waals surface area contributed by atoms with E-state index in [0.29, 0.717) is 11.9 Å². The van der Waals surface area contributed by atoms with Crippen LogP contribution in [0.3, 0.4) is 0 Å². The van der Waals surface area contributed by atoms with Gasteiger partial charge in [0.15, 0.2) is 0 Å². The van der Waals surface area contributed by atoms with Crippen molar-refractivity contribution in [1.82, 2.24) is 20.7 Å². The fourth-order valence-corrected chi connectivity index (χ4v) is 3.14. The second-order valence-corrected chi connectivity index (χ2v) is 6.11. The number of nitrogens with zero attached hydrogens (tertiary/aromatic N) is 3. The molecule has 25 heavy (non-hydrogen) atoms. The molecule has 0 bridgehead atoms. The van der Waals surface area contributed by atoms with Crippen molar-refractivity contribution < 1.29 is 4.74 Å². The van der Waals surface area contributed by atoms with E-state index >= 15 is 0 Å². The average molecular weight is 335 g/mol. The fraction of sp³-hybridized carbons (Fsp3) is 0.316. The Morgan fingerprint density at radius 2 is 2.20 bits per heavy atom. The molecule has 0 atom stereocenters. The van der Waals surface area contributed by atoms with Crippen LogP contribution in [0.15, 0.2) is 59.1 Å². The molecule has 0 unspecified atom stereocenters. The minimum atomic E-state index is 0.368. The van der Waals surface area contributed by atoms with Crippen LogP contribution in [0.4, 0.5) is 0 Å². The number of amidine groups is 1. The number of fused-ring (bicyclic) bond motifs is 1. The first-order valence-corrected chi connectivity index (χ1v) is 8.54. The Morgan fingerprint density at radius 1 is 1.32 bits per heavy atom. The molecule has 6 heteroatoms. The van der Waals surface area contributed by atoms with E-state index in [9.17, 15) is 0 Å². The first kappa shape index (κ1) is 15.7. The molecule has 6 nitrogen and oxygen atoms in total. The number of allylic oxidation sites excluding steroid dienone is 2. The molecule has 0 aromatic carbocycles. The summed E-state index contributed by atoms with van der Waals surface area (Å²) in [5.74, 6) is 1.47. The zero-order chi connectivity index (χ0) is 17.1. The van der Waals surface area contributed by atoms with Gasteiger partial charge in [0.2, 0.25) is 5.88 Å². The summed E-state index contributed by atoms with van der Waals surface area (Å²) < 4.78 is 5.25. The number of hydrogen-bond donors (Lipinski definition) is 2. The van der Waals surface area contributed by atoms with Crippen LogP contribution in [-0.4, -0.2) is 42.1 Å². The van der Waals surface area contributed by atoms with Crippen molar-refractivity contribution in [2.45, 2.75) is 18.9 Å². The third kappa shape index (κ3) is 3.36. The van der Waals surface area contributed by atoms with E-state index < -0.39 is 0 Å². The first-order chi connectivity index (χ1) is 12.3. The van der Waals surface area contributed by atoms with Crippen LogP contribution < -0.4 is 15.5 Å². The number of nitrogens with one attached hydrogen (secondary N) is 2. The van der Waals surface area contributed by atoms with Crippen LogP contribution in [0.2, 0.25) is 0 Å². The highest BCUT2D eigenvalue weighted by Gasteiger charge is 2.22. The van der Waals surface area contributed by atoms with Crippen LogP contribution >= 0.6 is 0 Å². The van der Waals surface area contributed by atoms with Crippen molar-refractivity contribution in [2.24, 2.45) is 4.99 Å². The zero-order valence-corrected chi connectivity index (χ0v) is 14.2. The number of ether oxygens (including phenoxy) is 1. The molecule has 128 valence electrons. The Bertz CT molecular complexity index is 811. The molecule has 4 rings (SSSR count). The third-order valence-electron chi connectivity index (χ3n) is 4.45. The molecule has 1 fully saturated rings. The maximum Gasteiger partial charge on any atom is 0.213 e. The van der Waals surface area contributed by atoms with E-state index in [0.717, 1.165) is 48.7 Å². The number of methoxy groups -OCH3 is 1. The summed E-state index contributed by atoms with van der Waals surface area (Å²) in [5, 5.41) is 5.38. The van der Waals surface area contributed by atoms with E-state index in [1.807, 2.05) is 41.4 Å². The molecule has 0 radical (unpaired) electrons. The normalized spacial score (nSPS) is 21.5. The summed E-state index contributed by atoms with van der Waals surface area (Å²) in [4.78, 5) is 9.05. The van der Waals surface area contributed by atoms with Gasteiger partial charge < -0.3 is 10.1 Å². The predicted molar refractivity (Wildman–Crippen MR) is 97.8 cm³/mol. The molecule has 1 aromatic rings. The van der Waals surface area contributed by atoms with Crippen LogP contribution in [0.25, 0.3) is 5.70 Å². The lowest BCUT2D eigenvalue weighted by Gasteiger charge is -2.33. The van der Waals surface area contributed by atoms with Crippen LogP contribution in [-0.2, 0) is 0 Å².